The van der Waals surface area contributed by atoms with Crippen LogP contribution in [0, 0.1) is 40.9 Å². The lowest BCUT2D eigenvalue weighted by Crippen LogP contribution is -2.54. The lowest BCUT2D eigenvalue weighted by Gasteiger charge is -2.48. The van der Waals surface area contributed by atoms with E-state index in [9.17, 15) is 24.6 Å². The number of aliphatic hydroxyl groups excluding tert-OH is 1. The molecule has 8 nitrogen and oxygen atoms in total. The Morgan fingerprint density at radius 1 is 1.04 bits per heavy atom. The molecule has 2 N–H and O–H groups in total. The Labute approximate surface area is 294 Å². The molecule has 4 bridgehead atoms. The van der Waals surface area contributed by atoms with E-state index in [1.165, 1.54) is 7.11 Å². The Kier molecular flexibility index (Phi) is 10.9. The number of carbonyl (C=O) groups is 3. The van der Waals surface area contributed by atoms with Gasteiger partial charge in [0.05, 0.1) is 41.7 Å². The van der Waals surface area contributed by atoms with Crippen molar-refractivity contribution in [3.63, 3.8) is 0 Å². The summed E-state index contributed by atoms with van der Waals surface area (Å²) in [6.07, 6.45) is 10.7. The van der Waals surface area contributed by atoms with Crippen molar-refractivity contribution >= 4 is 17.5 Å². The molecule has 49 heavy (non-hydrogen) atoms. The van der Waals surface area contributed by atoms with Crippen molar-refractivity contribution in [3.05, 3.63) is 35.1 Å². The number of rotatable bonds is 2. The zero-order valence-corrected chi connectivity index (χ0v) is 31.5. The maximum atomic E-state index is 14.7. The Hall–Kier alpha value is -2.29. The summed E-state index contributed by atoms with van der Waals surface area (Å²) in [5, 5.41) is 23.3. The summed E-state index contributed by atoms with van der Waals surface area (Å²) in [5.41, 5.74) is -2.29. The summed E-state index contributed by atoms with van der Waals surface area (Å²) in [5.74, 6) is -1.36. The van der Waals surface area contributed by atoms with E-state index < -0.39 is 58.1 Å². The Bertz CT molecular complexity index is 1390. The topological polar surface area (TPSA) is 119 Å². The van der Waals surface area contributed by atoms with E-state index in [4.69, 9.17) is 14.2 Å². The highest BCUT2D eigenvalue weighted by molar-refractivity contribution is 5.93. The highest BCUT2D eigenvalue weighted by Gasteiger charge is 2.67. The standard InChI is InChI=1S/C41H62O8/c1-24(2)28-21-32(42)27(5)12-10-11-25(3)20-34-31-22-40(8,48-34)29-15-17-38(6,46)36-16-18-39(7,49-36)35(44)14-13-26(4)19-30(29)41(31,23-33(28)43)37(45)47-9/h15,19-20,24-25,27-28,30-31,35-36,44,46H,10-14,16-18,21-23H2,1-9H3. The number of allylic oxidation sites excluding steroid dienone is 4. The van der Waals surface area contributed by atoms with Crippen molar-refractivity contribution < 1.29 is 38.8 Å². The number of hydrogen-bond donors (Lipinski definition) is 2. The number of hydrogen-bond acceptors (Lipinski definition) is 8. The first-order valence-corrected chi connectivity index (χ1v) is 18.9. The summed E-state index contributed by atoms with van der Waals surface area (Å²) in [6, 6.07) is 0. The molecule has 11 unspecified atom stereocenters. The van der Waals surface area contributed by atoms with Gasteiger partial charge in [-0.3, -0.25) is 14.4 Å². The van der Waals surface area contributed by atoms with E-state index in [-0.39, 0.29) is 48.6 Å². The number of aliphatic hydroxyl groups is 2. The fourth-order valence-electron chi connectivity index (χ4n) is 9.65. The molecule has 5 aliphatic rings. The molecule has 11 atom stereocenters. The normalized spacial score (nSPS) is 43.8. The maximum absolute atomic E-state index is 14.7. The summed E-state index contributed by atoms with van der Waals surface area (Å²) >= 11 is 0. The number of Topliss-reactive ketones (excluding diaryl/α,β-unsaturated/α-hetero) is 2. The van der Waals surface area contributed by atoms with E-state index in [1.54, 1.807) is 6.92 Å². The average molecular weight is 683 g/mol. The van der Waals surface area contributed by atoms with E-state index in [0.717, 1.165) is 36.2 Å². The number of ether oxygens (including phenoxy) is 3. The molecule has 0 amide bonds. The van der Waals surface area contributed by atoms with Crippen LogP contribution in [0.25, 0.3) is 0 Å². The number of fused-ring (bicyclic) bond motifs is 6. The molecule has 2 aliphatic carbocycles. The molecule has 2 saturated heterocycles. The molecule has 274 valence electrons. The molecule has 3 heterocycles. The number of esters is 1. The van der Waals surface area contributed by atoms with Crippen molar-refractivity contribution in [2.24, 2.45) is 40.9 Å². The van der Waals surface area contributed by atoms with Gasteiger partial charge in [0.2, 0.25) is 0 Å². The van der Waals surface area contributed by atoms with Gasteiger partial charge in [0, 0.05) is 42.9 Å². The number of ketones is 2. The minimum Gasteiger partial charge on any atom is -0.488 e. The predicted octanol–water partition coefficient (Wildman–Crippen LogP) is 7.21. The molecule has 0 spiro atoms. The van der Waals surface area contributed by atoms with E-state index >= 15 is 0 Å². The predicted molar refractivity (Wildman–Crippen MR) is 188 cm³/mol. The monoisotopic (exact) mass is 682 g/mol. The molecule has 0 aromatic rings. The van der Waals surface area contributed by atoms with Gasteiger partial charge < -0.3 is 24.4 Å². The second-order valence-corrected chi connectivity index (χ2v) is 17.4. The first kappa shape index (κ1) is 38.0. The molecule has 1 saturated carbocycles. The van der Waals surface area contributed by atoms with Gasteiger partial charge in [-0.05, 0) is 96.1 Å². The molecule has 0 aromatic carbocycles. The fraction of sp³-hybridized carbons (Fsp3) is 0.780. The van der Waals surface area contributed by atoms with Crippen molar-refractivity contribution in [1.82, 2.24) is 0 Å². The molecule has 0 radical (unpaired) electrons. The van der Waals surface area contributed by atoms with Crippen molar-refractivity contribution in [1.29, 1.82) is 0 Å². The van der Waals surface area contributed by atoms with Crippen LogP contribution >= 0.6 is 0 Å². The highest BCUT2D eigenvalue weighted by Crippen LogP contribution is 2.64. The molecule has 3 fully saturated rings. The van der Waals surface area contributed by atoms with Crippen molar-refractivity contribution in [3.8, 4) is 0 Å². The zero-order chi connectivity index (χ0) is 36.1. The van der Waals surface area contributed by atoms with Crippen LogP contribution in [0.5, 0.6) is 0 Å². The third kappa shape index (κ3) is 7.13. The lowest BCUT2D eigenvalue weighted by molar-refractivity contribution is -0.162. The van der Waals surface area contributed by atoms with Crippen LogP contribution in [0.15, 0.2) is 35.1 Å². The SMILES string of the molecule is COC(=O)C12CC(=O)C(C(C)C)CC(=O)C(C)CCCC(C)C=C3OC(C)(CC31)C1=CCC(C)(O)C3CCC(C)(O3)C(O)CCC(C)=CC12. The molecular weight excluding hydrogens is 620 g/mol. The van der Waals surface area contributed by atoms with Gasteiger partial charge in [-0.2, -0.15) is 0 Å². The van der Waals surface area contributed by atoms with Crippen LogP contribution in [0.1, 0.15) is 126 Å². The molecular formula is C41H62O8. The van der Waals surface area contributed by atoms with Crippen LogP contribution in [0.2, 0.25) is 0 Å². The van der Waals surface area contributed by atoms with Crippen LogP contribution < -0.4 is 0 Å². The van der Waals surface area contributed by atoms with E-state index in [1.807, 2.05) is 40.7 Å². The van der Waals surface area contributed by atoms with Crippen molar-refractivity contribution in [2.45, 2.75) is 155 Å². The van der Waals surface area contributed by atoms with E-state index in [0.29, 0.717) is 32.1 Å². The van der Waals surface area contributed by atoms with Crippen LogP contribution in [0.4, 0.5) is 0 Å². The van der Waals surface area contributed by atoms with Crippen LogP contribution in [-0.4, -0.2) is 63.9 Å². The lowest BCUT2D eigenvalue weighted by atomic mass is 9.52. The zero-order valence-electron chi connectivity index (χ0n) is 31.5. The first-order valence-electron chi connectivity index (χ1n) is 18.9. The molecule has 5 rings (SSSR count). The van der Waals surface area contributed by atoms with Gasteiger partial charge >= 0.3 is 5.97 Å². The summed E-state index contributed by atoms with van der Waals surface area (Å²) in [4.78, 5) is 42.9. The summed E-state index contributed by atoms with van der Waals surface area (Å²) in [6.45, 7) is 15.9. The number of carbonyl (C=O) groups excluding carboxylic acids is 3. The Morgan fingerprint density at radius 2 is 1.76 bits per heavy atom. The van der Waals surface area contributed by atoms with E-state index in [2.05, 4.69) is 26.0 Å². The Morgan fingerprint density at radius 3 is 2.43 bits per heavy atom. The average Bonchev–Trinajstić information content (AvgIpc) is 3.58. The molecule has 8 heteroatoms. The minimum atomic E-state index is -1.33. The largest absolute Gasteiger partial charge is 0.488 e. The Balaban J connectivity index is 1.75. The first-order chi connectivity index (χ1) is 22.9. The van der Waals surface area contributed by atoms with Gasteiger partial charge in [-0.15, -0.1) is 0 Å². The molecule has 0 aromatic heterocycles. The van der Waals surface area contributed by atoms with Gasteiger partial charge in [0.25, 0.3) is 0 Å². The third-order valence-electron chi connectivity index (χ3n) is 13.1. The van der Waals surface area contributed by atoms with Crippen LogP contribution in [0.3, 0.4) is 0 Å². The third-order valence-corrected chi connectivity index (χ3v) is 13.1. The number of methoxy groups -OCH3 is 1. The summed E-state index contributed by atoms with van der Waals surface area (Å²) in [7, 11) is 1.39. The van der Waals surface area contributed by atoms with Gasteiger partial charge in [-0.25, -0.2) is 0 Å². The second kappa shape index (κ2) is 14.0. The minimum absolute atomic E-state index is 0.0873. The van der Waals surface area contributed by atoms with Gasteiger partial charge in [-0.1, -0.05) is 51.8 Å². The highest BCUT2D eigenvalue weighted by atomic mass is 16.5. The quantitative estimate of drug-likeness (QED) is 0.232. The second-order valence-electron chi connectivity index (χ2n) is 17.4. The summed E-state index contributed by atoms with van der Waals surface area (Å²) < 4.78 is 19.1. The maximum Gasteiger partial charge on any atom is 0.313 e. The fourth-order valence-corrected chi connectivity index (χ4v) is 9.65. The van der Waals surface area contributed by atoms with Crippen molar-refractivity contribution in [2.75, 3.05) is 7.11 Å². The smallest absolute Gasteiger partial charge is 0.313 e. The van der Waals surface area contributed by atoms with Gasteiger partial charge in [0.1, 0.15) is 17.2 Å². The molecule has 3 aliphatic heterocycles. The van der Waals surface area contributed by atoms with Gasteiger partial charge in [0.15, 0.2) is 0 Å². The van der Waals surface area contributed by atoms with Crippen LogP contribution in [-0.2, 0) is 28.6 Å².